The smallest absolute Gasteiger partial charge is 0.268 e. The van der Waals surface area contributed by atoms with Gasteiger partial charge in [0.1, 0.15) is 0 Å². The lowest BCUT2D eigenvalue weighted by molar-refractivity contribution is 0.584. The van der Waals surface area contributed by atoms with Crippen LogP contribution in [-0.2, 0) is 10.0 Å². The van der Waals surface area contributed by atoms with Gasteiger partial charge in [-0.3, -0.25) is 4.98 Å². The summed E-state index contributed by atoms with van der Waals surface area (Å²) in [6.07, 6.45) is 3.21. The zero-order valence-electron chi connectivity index (χ0n) is 11.5. The summed E-state index contributed by atoms with van der Waals surface area (Å²) in [6, 6.07) is 11.4. The molecule has 1 aromatic carbocycles. The second-order valence-electron chi connectivity index (χ2n) is 4.87. The van der Waals surface area contributed by atoms with Crippen LogP contribution in [-0.4, -0.2) is 17.4 Å². The van der Waals surface area contributed by atoms with Crippen molar-refractivity contribution in [3.8, 4) is 0 Å². The van der Waals surface area contributed by atoms with Gasteiger partial charge in [-0.1, -0.05) is 18.2 Å². The number of benzene rings is 1. The minimum absolute atomic E-state index is 0.237. The number of nitrogens with zero attached hydrogens (tertiary/aromatic N) is 2. The number of pyridine rings is 1. The van der Waals surface area contributed by atoms with Gasteiger partial charge in [0.15, 0.2) is 0 Å². The molecule has 2 N–H and O–H groups in total. The van der Waals surface area contributed by atoms with Gasteiger partial charge >= 0.3 is 0 Å². The van der Waals surface area contributed by atoms with Crippen LogP contribution in [0.4, 0.5) is 0 Å². The van der Waals surface area contributed by atoms with E-state index in [1.807, 2.05) is 0 Å². The first kappa shape index (κ1) is 13.8. The van der Waals surface area contributed by atoms with Crippen molar-refractivity contribution in [1.82, 2.24) is 8.96 Å². The zero-order chi connectivity index (χ0) is 15.0. The molecule has 0 spiro atoms. The summed E-state index contributed by atoms with van der Waals surface area (Å²) < 4.78 is 27.2. The monoisotopic (exact) mass is 301 g/mol. The van der Waals surface area contributed by atoms with E-state index in [9.17, 15) is 8.42 Å². The zero-order valence-corrected chi connectivity index (χ0v) is 12.3. The van der Waals surface area contributed by atoms with Crippen LogP contribution in [0.15, 0.2) is 59.8 Å². The molecule has 0 bridgehead atoms. The highest BCUT2D eigenvalue weighted by Gasteiger charge is 2.24. The van der Waals surface area contributed by atoms with E-state index in [2.05, 4.69) is 4.98 Å². The average Bonchev–Trinajstić information content (AvgIpc) is 2.88. The molecule has 0 unspecified atom stereocenters. The van der Waals surface area contributed by atoms with Crippen LogP contribution in [0.3, 0.4) is 0 Å². The lowest BCUT2D eigenvalue weighted by Crippen LogP contribution is -2.19. The highest BCUT2D eigenvalue weighted by molar-refractivity contribution is 7.90. The van der Waals surface area contributed by atoms with Gasteiger partial charge in [-0.15, -0.1) is 0 Å². The molecule has 21 heavy (non-hydrogen) atoms. The molecular formula is C15H15N3O2S. The summed E-state index contributed by atoms with van der Waals surface area (Å²) in [5.41, 5.74) is 7.08. The molecule has 3 rings (SSSR count). The Kier molecular flexibility index (Phi) is 3.27. The van der Waals surface area contributed by atoms with E-state index in [4.69, 9.17) is 5.73 Å². The fraction of sp³-hybridized carbons (Fsp3) is 0.133. The minimum Gasteiger partial charge on any atom is -0.323 e. The van der Waals surface area contributed by atoms with Gasteiger partial charge in [0.05, 0.1) is 16.1 Å². The van der Waals surface area contributed by atoms with Crippen LogP contribution < -0.4 is 5.73 Å². The number of hydrogen-bond donors (Lipinski definition) is 1. The normalized spacial score (nSPS) is 13.4. The Balaban J connectivity index is 2.36. The van der Waals surface area contributed by atoms with E-state index in [1.165, 1.54) is 3.97 Å². The molecule has 0 aliphatic carbocycles. The van der Waals surface area contributed by atoms with Gasteiger partial charge in [0, 0.05) is 23.8 Å². The Hall–Kier alpha value is -2.18. The topological polar surface area (TPSA) is 78.0 Å². The van der Waals surface area contributed by atoms with Gasteiger partial charge in [-0.2, -0.15) is 0 Å². The molecule has 0 radical (unpaired) electrons. The number of rotatable bonds is 3. The maximum absolute atomic E-state index is 12.9. The van der Waals surface area contributed by atoms with Crippen LogP contribution in [0.2, 0.25) is 0 Å². The van der Waals surface area contributed by atoms with Crippen molar-refractivity contribution in [2.45, 2.75) is 17.9 Å². The van der Waals surface area contributed by atoms with E-state index >= 15 is 0 Å². The number of aromatic nitrogens is 2. The van der Waals surface area contributed by atoms with Crippen LogP contribution >= 0.6 is 0 Å². The summed E-state index contributed by atoms with van der Waals surface area (Å²) in [4.78, 5) is 4.27. The molecule has 108 valence electrons. The number of hydrogen-bond acceptors (Lipinski definition) is 4. The number of nitrogens with two attached hydrogens (primary N) is 1. The van der Waals surface area contributed by atoms with Crippen molar-refractivity contribution in [2.75, 3.05) is 0 Å². The fourth-order valence-electron chi connectivity index (χ4n) is 2.34. The van der Waals surface area contributed by atoms with Gasteiger partial charge < -0.3 is 5.73 Å². The van der Waals surface area contributed by atoms with Crippen LogP contribution in [0.1, 0.15) is 18.7 Å². The van der Waals surface area contributed by atoms with Crippen molar-refractivity contribution in [1.29, 1.82) is 0 Å². The van der Waals surface area contributed by atoms with Crippen LogP contribution in [0.5, 0.6) is 0 Å². The van der Waals surface area contributed by atoms with Gasteiger partial charge in [0.2, 0.25) is 0 Å². The third-order valence-electron chi connectivity index (χ3n) is 3.33. The van der Waals surface area contributed by atoms with E-state index in [1.54, 1.807) is 61.8 Å². The third kappa shape index (κ3) is 2.22. The highest BCUT2D eigenvalue weighted by Crippen LogP contribution is 2.27. The molecule has 0 aliphatic heterocycles. The molecule has 0 amide bonds. The second kappa shape index (κ2) is 4.98. The Labute approximate surface area is 123 Å². The summed E-state index contributed by atoms with van der Waals surface area (Å²) in [7, 11) is -3.69. The summed E-state index contributed by atoms with van der Waals surface area (Å²) >= 11 is 0. The first-order valence-electron chi connectivity index (χ1n) is 6.53. The molecular weight excluding hydrogens is 286 g/mol. The Bertz CT molecular complexity index is 884. The SMILES string of the molecule is C[C@H](N)c1cc2cnccc2n1S(=O)(=O)c1ccccc1. The number of fused-ring (bicyclic) bond motifs is 1. The van der Waals surface area contributed by atoms with Gasteiger partial charge in [-0.05, 0) is 31.2 Å². The Morgan fingerprint density at radius 3 is 2.57 bits per heavy atom. The summed E-state index contributed by atoms with van der Waals surface area (Å²) in [6.45, 7) is 1.76. The molecule has 1 atom stereocenters. The van der Waals surface area contributed by atoms with Crippen molar-refractivity contribution >= 4 is 20.9 Å². The lowest BCUT2D eigenvalue weighted by Gasteiger charge is -2.13. The molecule has 0 saturated carbocycles. The van der Waals surface area contributed by atoms with Crippen molar-refractivity contribution in [3.05, 3.63) is 60.6 Å². The molecule has 6 heteroatoms. The van der Waals surface area contributed by atoms with E-state index in [0.29, 0.717) is 11.2 Å². The molecule has 2 aromatic heterocycles. The molecule has 2 heterocycles. The highest BCUT2D eigenvalue weighted by atomic mass is 32.2. The minimum atomic E-state index is -3.69. The maximum Gasteiger partial charge on any atom is 0.268 e. The van der Waals surface area contributed by atoms with Crippen molar-refractivity contribution < 1.29 is 8.42 Å². The Morgan fingerprint density at radius 2 is 1.90 bits per heavy atom. The average molecular weight is 301 g/mol. The molecule has 3 aromatic rings. The van der Waals surface area contributed by atoms with E-state index < -0.39 is 16.1 Å². The van der Waals surface area contributed by atoms with Gasteiger partial charge in [-0.25, -0.2) is 12.4 Å². The van der Waals surface area contributed by atoms with Crippen molar-refractivity contribution in [3.63, 3.8) is 0 Å². The molecule has 0 saturated heterocycles. The van der Waals surface area contributed by atoms with Crippen LogP contribution in [0.25, 0.3) is 10.9 Å². The van der Waals surface area contributed by atoms with Crippen molar-refractivity contribution in [2.24, 2.45) is 5.73 Å². The van der Waals surface area contributed by atoms with Gasteiger partial charge in [0.25, 0.3) is 10.0 Å². The second-order valence-corrected chi connectivity index (χ2v) is 6.66. The Morgan fingerprint density at radius 1 is 1.19 bits per heavy atom. The molecule has 0 fully saturated rings. The molecule has 0 aliphatic rings. The third-order valence-corrected chi connectivity index (χ3v) is 5.09. The van der Waals surface area contributed by atoms with E-state index in [0.717, 1.165) is 5.39 Å². The summed E-state index contributed by atoms with van der Waals surface area (Å²) in [5.74, 6) is 0. The fourth-order valence-corrected chi connectivity index (χ4v) is 3.97. The van der Waals surface area contributed by atoms with Crippen LogP contribution in [0, 0.1) is 0 Å². The van der Waals surface area contributed by atoms with E-state index in [-0.39, 0.29) is 4.90 Å². The summed E-state index contributed by atoms with van der Waals surface area (Å²) in [5, 5.41) is 0.754. The molecule has 5 nitrogen and oxygen atoms in total. The first-order chi connectivity index (χ1) is 10.0. The lowest BCUT2D eigenvalue weighted by atomic mass is 10.2. The predicted octanol–water partition coefficient (Wildman–Crippen LogP) is 2.29. The quantitative estimate of drug-likeness (QED) is 0.805. The standard InChI is InChI=1S/C15H15N3O2S/c1-11(16)15-9-12-10-17-8-7-14(12)18(15)21(19,20)13-5-3-2-4-6-13/h2-11H,16H2,1H3/t11-/m0/s1. The maximum atomic E-state index is 12.9. The predicted molar refractivity (Wildman–Crippen MR) is 81.4 cm³/mol. The largest absolute Gasteiger partial charge is 0.323 e. The first-order valence-corrected chi connectivity index (χ1v) is 7.97.